The quantitative estimate of drug-likeness (QED) is 0.639. The smallest absolute Gasteiger partial charge is 0.417 e. The number of likely N-dealkylation sites (tertiary alicyclic amines) is 2. The summed E-state index contributed by atoms with van der Waals surface area (Å²) in [4.78, 5) is 56.5. The van der Waals surface area contributed by atoms with Crippen LogP contribution in [0.15, 0.2) is 30.3 Å². The number of nitrogens with two attached hydrogens (primary N) is 1. The number of amides is 4. The molecule has 1 aromatic carbocycles. The molecule has 0 bridgehead atoms. The van der Waals surface area contributed by atoms with Crippen molar-refractivity contribution < 1.29 is 23.9 Å². The molecule has 2 aliphatic heterocycles. The van der Waals surface area contributed by atoms with Gasteiger partial charge in [0.15, 0.2) is 6.17 Å². The fourth-order valence-corrected chi connectivity index (χ4v) is 5.25. The number of carbonyl (C=O) groups is 4. The Morgan fingerprint density at radius 2 is 1.68 bits per heavy atom. The molecule has 0 radical (unpaired) electrons. The Morgan fingerprint density at radius 3 is 2.35 bits per heavy atom. The van der Waals surface area contributed by atoms with Crippen LogP contribution in [0, 0.1) is 0 Å². The molecule has 0 aromatic heterocycles. The summed E-state index contributed by atoms with van der Waals surface area (Å²) in [5.41, 5.74) is 7.21. The Morgan fingerprint density at radius 1 is 1.00 bits per heavy atom. The first kappa shape index (κ1) is 24.2. The minimum Gasteiger partial charge on any atom is -0.444 e. The molecule has 1 saturated carbocycles. The maximum atomic E-state index is 13.8. The highest BCUT2D eigenvalue weighted by molar-refractivity contribution is 6.01. The Bertz CT molecular complexity index is 896. The van der Waals surface area contributed by atoms with E-state index in [0.717, 1.165) is 55.4 Å². The fourth-order valence-electron chi connectivity index (χ4n) is 5.25. The van der Waals surface area contributed by atoms with E-state index in [9.17, 15) is 19.2 Å². The highest BCUT2D eigenvalue weighted by Crippen LogP contribution is 2.29. The lowest BCUT2D eigenvalue weighted by atomic mass is 9.93. The summed E-state index contributed by atoms with van der Waals surface area (Å²) in [5.74, 6) is -1.15. The molecule has 2 unspecified atom stereocenters. The van der Waals surface area contributed by atoms with Gasteiger partial charge in [0.25, 0.3) is 5.91 Å². The maximum Gasteiger partial charge on any atom is 0.417 e. The van der Waals surface area contributed by atoms with Crippen LogP contribution in [0.25, 0.3) is 0 Å². The van der Waals surface area contributed by atoms with Gasteiger partial charge < -0.3 is 20.3 Å². The summed E-state index contributed by atoms with van der Waals surface area (Å²) < 4.78 is 5.37. The summed E-state index contributed by atoms with van der Waals surface area (Å²) in [6.07, 6.45) is 4.65. The first-order valence-electron chi connectivity index (χ1n) is 12.4. The van der Waals surface area contributed by atoms with Crippen molar-refractivity contribution in [1.82, 2.24) is 14.7 Å². The second kappa shape index (κ2) is 11.0. The predicted octanol–water partition coefficient (Wildman–Crippen LogP) is 2.38. The van der Waals surface area contributed by atoms with Crippen molar-refractivity contribution in [2.75, 3.05) is 13.1 Å². The maximum absolute atomic E-state index is 13.8. The molecule has 2 atom stereocenters. The molecule has 2 saturated heterocycles. The van der Waals surface area contributed by atoms with Crippen molar-refractivity contribution in [2.45, 2.75) is 82.6 Å². The van der Waals surface area contributed by atoms with Crippen LogP contribution in [0.5, 0.6) is 0 Å². The van der Waals surface area contributed by atoms with Crippen molar-refractivity contribution in [1.29, 1.82) is 0 Å². The average Bonchev–Trinajstić information content (AvgIpc) is 3.53. The number of hydrogen-bond donors (Lipinski definition) is 1. The number of nitrogens with zero attached hydrogens (tertiary/aromatic N) is 3. The fraction of sp³-hybridized carbons (Fsp3) is 0.600. The van der Waals surface area contributed by atoms with E-state index >= 15 is 0 Å². The second-order valence-electron chi connectivity index (χ2n) is 9.37. The van der Waals surface area contributed by atoms with E-state index < -0.39 is 30.1 Å². The van der Waals surface area contributed by atoms with E-state index in [-0.39, 0.29) is 31.4 Å². The van der Waals surface area contributed by atoms with Gasteiger partial charge in [-0.15, -0.1) is 0 Å². The highest BCUT2D eigenvalue weighted by Gasteiger charge is 2.46. The second-order valence-corrected chi connectivity index (χ2v) is 9.37. The Labute approximate surface area is 200 Å². The third kappa shape index (κ3) is 5.24. The van der Waals surface area contributed by atoms with Gasteiger partial charge in [-0.1, -0.05) is 49.6 Å². The first-order valence-corrected chi connectivity index (χ1v) is 12.4. The molecule has 0 spiro atoms. The third-order valence-electron chi connectivity index (χ3n) is 7.09. The van der Waals surface area contributed by atoms with Crippen LogP contribution in [0.4, 0.5) is 4.79 Å². The standard InChI is InChI=1S/C25H34N4O5/c26-22(24(32)27-15-7-8-16-27)28(19-11-5-2-6-12-19)23(31)20-13-14-21(30)29(20)25(33)34-17-18-9-3-1-4-10-18/h1,3-4,9-10,19-20,22H,2,5-8,11-17,26H2. The minimum absolute atomic E-state index is 0.00363. The van der Waals surface area contributed by atoms with Gasteiger partial charge in [-0.25, -0.2) is 9.69 Å². The summed E-state index contributed by atoms with van der Waals surface area (Å²) >= 11 is 0. The molecule has 34 heavy (non-hydrogen) atoms. The topological polar surface area (TPSA) is 113 Å². The molecule has 4 rings (SSSR count). The molecule has 184 valence electrons. The van der Waals surface area contributed by atoms with E-state index in [0.29, 0.717) is 13.1 Å². The van der Waals surface area contributed by atoms with Crippen molar-refractivity contribution in [3.8, 4) is 0 Å². The lowest BCUT2D eigenvalue weighted by molar-refractivity contribution is -0.152. The largest absolute Gasteiger partial charge is 0.444 e. The zero-order valence-electron chi connectivity index (χ0n) is 19.6. The molecule has 2 heterocycles. The summed E-state index contributed by atoms with van der Waals surface area (Å²) in [6, 6.07) is 7.96. The van der Waals surface area contributed by atoms with Crippen molar-refractivity contribution in [2.24, 2.45) is 5.73 Å². The molecule has 1 aliphatic carbocycles. The van der Waals surface area contributed by atoms with Gasteiger partial charge in [0, 0.05) is 25.6 Å². The number of imide groups is 1. The van der Waals surface area contributed by atoms with Gasteiger partial charge in [0.2, 0.25) is 11.8 Å². The Balaban J connectivity index is 1.51. The molecule has 9 heteroatoms. The van der Waals surface area contributed by atoms with Crippen LogP contribution in [0.1, 0.15) is 63.4 Å². The number of hydrogen-bond acceptors (Lipinski definition) is 6. The van der Waals surface area contributed by atoms with E-state index in [4.69, 9.17) is 10.5 Å². The van der Waals surface area contributed by atoms with Gasteiger partial charge in [0.1, 0.15) is 12.6 Å². The number of ether oxygens (including phenoxy) is 1. The van der Waals surface area contributed by atoms with Crippen molar-refractivity contribution >= 4 is 23.8 Å². The molecular formula is C25H34N4O5. The van der Waals surface area contributed by atoms with E-state index in [1.165, 1.54) is 4.90 Å². The predicted molar refractivity (Wildman–Crippen MR) is 124 cm³/mol. The third-order valence-corrected chi connectivity index (χ3v) is 7.09. The normalized spacial score (nSPS) is 22.0. The summed E-state index contributed by atoms with van der Waals surface area (Å²) in [6.45, 7) is 1.28. The van der Waals surface area contributed by atoms with Crippen LogP contribution in [-0.2, 0) is 25.7 Å². The number of benzene rings is 1. The summed E-state index contributed by atoms with van der Waals surface area (Å²) in [7, 11) is 0. The van der Waals surface area contributed by atoms with Crippen LogP contribution >= 0.6 is 0 Å². The van der Waals surface area contributed by atoms with Crippen molar-refractivity contribution in [3.05, 3.63) is 35.9 Å². The van der Waals surface area contributed by atoms with Gasteiger partial charge in [-0.05, 0) is 37.7 Å². The monoisotopic (exact) mass is 470 g/mol. The van der Waals surface area contributed by atoms with Crippen LogP contribution in [0.2, 0.25) is 0 Å². The van der Waals surface area contributed by atoms with E-state index in [2.05, 4.69) is 0 Å². The lowest BCUT2D eigenvalue weighted by Crippen LogP contribution is -2.62. The molecule has 1 aromatic rings. The van der Waals surface area contributed by atoms with Crippen molar-refractivity contribution in [3.63, 3.8) is 0 Å². The molecule has 2 N–H and O–H groups in total. The van der Waals surface area contributed by atoms with Crippen LogP contribution < -0.4 is 5.73 Å². The number of carbonyl (C=O) groups excluding carboxylic acids is 4. The summed E-state index contributed by atoms with van der Waals surface area (Å²) in [5, 5.41) is 0. The van der Waals surface area contributed by atoms with Gasteiger partial charge in [-0.3, -0.25) is 14.4 Å². The molecule has 3 aliphatic rings. The van der Waals surface area contributed by atoms with Gasteiger partial charge >= 0.3 is 6.09 Å². The Kier molecular flexibility index (Phi) is 7.82. The molecule has 9 nitrogen and oxygen atoms in total. The minimum atomic E-state index is -1.12. The zero-order chi connectivity index (χ0) is 24.1. The Hall–Kier alpha value is -2.94. The van der Waals surface area contributed by atoms with Gasteiger partial charge in [0.05, 0.1) is 0 Å². The van der Waals surface area contributed by atoms with Crippen LogP contribution in [-0.4, -0.2) is 69.9 Å². The van der Waals surface area contributed by atoms with Gasteiger partial charge in [-0.2, -0.15) is 0 Å². The number of rotatable bonds is 6. The molecular weight excluding hydrogens is 436 g/mol. The zero-order valence-corrected chi connectivity index (χ0v) is 19.6. The first-order chi connectivity index (χ1) is 16.5. The lowest BCUT2D eigenvalue weighted by Gasteiger charge is -2.40. The highest BCUT2D eigenvalue weighted by atomic mass is 16.6. The molecule has 4 amide bonds. The van der Waals surface area contributed by atoms with E-state index in [1.54, 1.807) is 4.90 Å². The SMILES string of the molecule is NC(C(=O)N1CCCC1)N(C(=O)C1CCC(=O)N1C(=O)OCc1ccccc1)C1CCCCC1. The van der Waals surface area contributed by atoms with Crippen LogP contribution in [0.3, 0.4) is 0 Å². The average molecular weight is 471 g/mol. The molecule has 3 fully saturated rings. The van der Waals surface area contributed by atoms with E-state index in [1.807, 2.05) is 30.3 Å².